The Kier molecular flexibility index (Phi) is 4.87. The van der Waals surface area contributed by atoms with E-state index in [0.717, 1.165) is 25.0 Å². The zero-order valence-corrected chi connectivity index (χ0v) is 13.1. The summed E-state index contributed by atoms with van der Waals surface area (Å²) in [5.74, 6) is 0.960. The Morgan fingerprint density at radius 1 is 1.04 bits per heavy atom. The average molecular weight is 336 g/mol. The summed E-state index contributed by atoms with van der Waals surface area (Å²) >= 11 is 0. The minimum absolute atomic E-state index is 0.273. The summed E-state index contributed by atoms with van der Waals surface area (Å²) in [6.07, 6.45) is 3.12. The summed E-state index contributed by atoms with van der Waals surface area (Å²) in [7, 11) is 0. The van der Waals surface area contributed by atoms with Gasteiger partial charge < -0.3 is 10.6 Å². The van der Waals surface area contributed by atoms with Crippen molar-refractivity contribution in [3.8, 4) is 0 Å². The summed E-state index contributed by atoms with van der Waals surface area (Å²) in [6, 6.07) is 7.16. The van der Waals surface area contributed by atoms with Gasteiger partial charge in [0, 0.05) is 17.9 Å². The van der Waals surface area contributed by atoms with Gasteiger partial charge in [0.05, 0.1) is 5.56 Å². The number of alkyl halides is 3. The summed E-state index contributed by atoms with van der Waals surface area (Å²) in [5.41, 5.74) is -0.399. The van der Waals surface area contributed by atoms with Crippen molar-refractivity contribution in [3.05, 3.63) is 42.1 Å². The monoisotopic (exact) mass is 336 g/mol. The molecule has 0 amide bonds. The molecule has 1 aromatic carbocycles. The van der Waals surface area contributed by atoms with Crippen LogP contribution in [0.1, 0.15) is 37.7 Å². The van der Waals surface area contributed by atoms with Gasteiger partial charge in [-0.2, -0.15) is 18.2 Å². The molecule has 0 spiro atoms. The molecule has 1 heterocycles. The lowest BCUT2D eigenvalue weighted by Crippen LogP contribution is -2.22. The summed E-state index contributed by atoms with van der Waals surface area (Å²) < 4.78 is 38.3. The van der Waals surface area contributed by atoms with Gasteiger partial charge in [0.2, 0.25) is 5.95 Å². The largest absolute Gasteiger partial charge is 0.416 e. The zero-order chi connectivity index (χ0) is 17.0. The lowest BCUT2D eigenvalue weighted by molar-refractivity contribution is -0.137. The predicted molar refractivity (Wildman–Crippen MR) is 87.3 cm³/mol. The Morgan fingerprint density at radius 2 is 1.83 bits per heavy atom. The van der Waals surface area contributed by atoms with Crippen molar-refractivity contribution in [2.75, 3.05) is 10.6 Å². The number of nitrogens with zero attached hydrogens (tertiary/aromatic N) is 2. The number of hydrogen-bond donors (Lipinski definition) is 2. The molecule has 7 heteroatoms. The molecule has 0 bridgehead atoms. The fourth-order valence-electron chi connectivity index (χ4n) is 2.86. The Labute approximate surface area is 138 Å². The number of aromatic nitrogens is 2. The number of benzene rings is 1. The van der Waals surface area contributed by atoms with Gasteiger partial charge in [-0.25, -0.2) is 4.98 Å². The molecule has 4 nitrogen and oxygen atoms in total. The Bertz CT molecular complexity index is 682. The Morgan fingerprint density at radius 3 is 2.58 bits per heavy atom. The van der Waals surface area contributed by atoms with Gasteiger partial charge in [0.15, 0.2) is 0 Å². The van der Waals surface area contributed by atoms with E-state index in [0.29, 0.717) is 17.5 Å². The molecule has 2 N–H and O–H groups in total. The quantitative estimate of drug-likeness (QED) is 0.826. The molecule has 0 unspecified atom stereocenters. The fraction of sp³-hybridized carbons (Fsp3) is 0.412. The molecule has 0 atom stereocenters. The molecule has 1 saturated carbocycles. The molecule has 0 saturated heterocycles. The predicted octanol–water partition coefficient (Wildman–Crippen LogP) is 4.98. The van der Waals surface area contributed by atoms with Crippen molar-refractivity contribution < 1.29 is 13.2 Å². The Balaban J connectivity index is 1.70. The first-order valence-electron chi connectivity index (χ1n) is 8.04. The zero-order valence-electron chi connectivity index (χ0n) is 13.1. The number of anilines is 3. The third-order valence-corrected chi connectivity index (χ3v) is 4.06. The van der Waals surface area contributed by atoms with Gasteiger partial charge in [0.25, 0.3) is 0 Å². The van der Waals surface area contributed by atoms with E-state index in [1.807, 2.05) is 0 Å². The average Bonchev–Trinajstić information content (AvgIpc) is 2.56. The molecule has 3 rings (SSSR count). The van der Waals surface area contributed by atoms with Crippen LogP contribution in [0, 0.1) is 0 Å². The smallest absolute Gasteiger partial charge is 0.367 e. The van der Waals surface area contributed by atoms with Crippen molar-refractivity contribution in [2.45, 2.75) is 44.3 Å². The van der Waals surface area contributed by atoms with E-state index in [1.54, 1.807) is 18.3 Å². The molecular formula is C17H19F3N4. The van der Waals surface area contributed by atoms with Gasteiger partial charge >= 0.3 is 6.18 Å². The summed E-state index contributed by atoms with van der Waals surface area (Å²) in [5, 5.41) is 6.20. The van der Waals surface area contributed by atoms with Crippen LogP contribution in [0.2, 0.25) is 0 Å². The first-order chi connectivity index (χ1) is 11.5. The molecular weight excluding hydrogens is 317 g/mol. The standard InChI is InChI=1S/C17H19F3N4/c18-17(19,20)12-5-4-8-14(11-12)23-16-21-10-9-15(24-16)22-13-6-2-1-3-7-13/h4-5,8-11,13H,1-3,6-7H2,(H2,21,22,23,24). The molecule has 1 aliphatic rings. The highest BCUT2D eigenvalue weighted by Crippen LogP contribution is 2.31. The molecule has 1 aromatic heterocycles. The van der Waals surface area contributed by atoms with Crippen molar-refractivity contribution >= 4 is 17.5 Å². The van der Waals surface area contributed by atoms with Crippen LogP contribution in [0.5, 0.6) is 0 Å². The summed E-state index contributed by atoms with van der Waals surface area (Å²) in [6.45, 7) is 0. The van der Waals surface area contributed by atoms with Crippen molar-refractivity contribution in [1.82, 2.24) is 9.97 Å². The second kappa shape index (κ2) is 7.07. The minimum Gasteiger partial charge on any atom is -0.367 e. The Hall–Kier alpha value is -2.31. The molecule has 0 aliphatic heterocycles. The van der Waals surface area contributed by atoms with Crippen LogP contribution < -0.4 is 10.6 Å². The number of halogens is 3. The van der Waals surface area contributed by atoms with E-state index < -0.39 is 11.7 Å². The van der Waals surface area contributed by atoms with Crippen LogP contribution in [-0.2, 0) is 6.18 Å². The van der Waals surface area contributed by atoms with Gasteiger partial charge in [0.1, 0.15) is 5.82 Å². The topological polar surface area (TPSA) is 49.8 Å². The van der Waals surface area contributed by atoms with Crippen LogP contribution in [-0.4, -0.2) is 16.0 Å². The van der Waals surface area contributed by atoms with Gasteiger partial charge in [-0.15, -0.1) is 0 Å². The molecule has 0 radical (unpaired) electrons. The van der Waals surface area contributed by atoms with E-state index in [4.69, 9.17) is 0 Å². The number of nitrogens with one attached hydrogen (secondary N) is 2. The highest BCUT2D eigenvalue weighted by molar-refractivity contribution is 5.56. The van der Waals surface area contributed by atoms with E-state index in [9.17, 15) is 13.2 Å². The lowest BCUT2D eigenvalue weighted by atomic mass is 9.95. The maximum Gasteiger partial charge on any atom is 0.416 e. The summed E-state index contributed by atoms with van der Waals surface area (Å²) in [4.78, 5) is 8.42. The minimum atomic E-state index is -4.37. The molecule has 1 aliphatic carbocycles. The van der Waals surface area contributed by atoms with Crippen LogP contribution in [0.25, 0.3) is 0 Å². The second-order valence-electron chi connectivity index (χ2n) is 5.95. The van der Waals surface area contributed by atoms with Crippen LogP contribution in [0.4, 0.5) is 30.6 Å². The fourth-order valence-corrected chi connectivity index (χ4v) is 2.86. The highest BCUT2D eigenvalue weighted by atomic mass is 19.4. The first kappa shape index (κ1) is 16.5. The van der Waals surface area contributed by atoms with E-state index in [2.05, 4.69) is 20.6 Å². The highest BCUT2D eigenvalue weighted by Gasteiger charge is 2.30. The van der Waals surface area contributed by atoms with E-state index in [-0.39, 0.29) is 5.95 Å². The lowest BCUT2D eigenvalue weighted by Gasteiger charge is -2.23. The third-order valence-electron chi connectivity index (χ3n) is 4.06. The molecule has 1 fully saturated rings. The molecule has 24 heavy (non-hydrogen) atoms. The molecule has 2 aromatic rings. The SMILES string of the molecule is FC(F)(F)c1cccc(Nc2nccc(NC3CCCCC3)n2)c1. The van der Waals surface area contributed by atoms with Crippen molar-refractivity contribution in [1.29, 1.82) is 0 Å². The maximum absolute atomic E-state index is 12.8. The number of rotatable bonds is 4. The normalized spacial score (nSPS) is 16.0. The van der Waals surface area contributed by atoms with Gasteiger partial charge in [-0.1, -0.05) is 25.3 Å². The maximum atomic E-state index is 12.8. The van der Waals surface area contributed by atoms with Crippen molar-refractivity contribution in [2.24, 2.45) is 0 Å². The third kappa shape index (κ3) is 4.37. The van der Waals surface area contributed by atoms with E-state index >= 15 is 0 Å². The second-order valence-corrected chi connectivity index (χ2v) is 5.95. The molecule has 128 valence electrons. The van der Waals surface area contributed by atoms with Gasteiger partial charge in [-0.05, 0) is 37.1 Å². The van der Waals surface area contributed by atoms with Crippen molar-refractivity contribution in [3.63, 3.8) is 0 Å². The van der Waals surface area contributed by atoms with Crippen LogP contribution in [0.15, 0.2) is 36.5 Å². The van der Waals surface area contributed by atoms with Crippen LogP contribution >= 0.6 is 0 Å². The first-order valence-corrected chi connectivity index (χ1v) is 8.04. The van der Waals surface area contributed by atoms with Gasteiger partial charge in [-0.3, -0.25) is 0 Å². The number of hydrogen-bond acceptors (Lipinski definition) is 4. The van der Waals surface area contributed by atoms with Crippen LogP contribution in [0.3, 0.4) is 0 Å². The van der Waals surface area contributed by atoms with E-state index in [1.165, 1.54) is 25.3 Å².